The van der Waals surface area contributed by atoms with Crippen LogP contribution >= 0.6 is 0 Å². The molecule has 1 aromatic rings. The van der Waals surface area contributed by atoms with Gasteiger partial charge >= 0.3 is 11.4 Å². The molecule has 0 heterocycles. The van der Waals surface area contributed by atoms with Crippen LogP contribution in [0.5, 0.6) is 0 Å². The van der Waals surface area contributed by atoms with Crippen LogP contribution in [0.15, 0.2) is 12.1 Å². The van der Waals surface area contributed by atoms with Gasteiger partial charge in [-0.1, -0.05) is 13.8 Å². The molecule has 1 N–H and O–H groups in total. The van der Waals surface area contributed by atoms with E-state index in [2.05, 4.69) is 5.32 Å². The average Bonchev–Trinajstić information content (AvgIpc) is 2.52. The van der Waals surface area contributed by atoms with Gasteiger partial charge in [0.1, 0.15) is 5.69 Å². The fraction of sp³-hybridized carbons (Fsp3) is 0.500. The molecule has 23 heavy (non-hydrogen) atoms. The van der Waals surface area contributed by atoms with E-state index in [1.807, 2.05) is 13.8 Å². The first kappa shape index (κ1) is 18.3. The summed E-state index contributed by atoms with van der Waals surface area (Å²) in [6, 6.07) is 2.26. The molecule has 0 aliphatic heterocycles. The summed E-state index contributed by atoms with van der Waals surface area (Å²) in [5.41, 5.74) is -1.19. The maximum absolute atomic E-state index is 12.1. The number of carbonyl (C=O) groups is 1. The van der Waals surface area contributed by atoms with E-state index in [0.29, 0.717) is 25.9 Å². The van der Waals surface area contributed by atoms with Gasteiger partial charge in [-0.05, 0) is 18.9 Å². The molecule has 0 aliphatic carbocycles. The smallest absolute Gasteiger partial charge is 0.365 e. The van der Waals surface area contributed by atoms with Crippen LogP contribution < -0.4 is 10.2 Å². The molecule has 0 aliphatic rings. The zero-order valence-corrected chi connectivity index (χ0v) is 13.4. The van der Waals surface area contributed by atoms with Crippen molar-refractivity contribution in [2.45, 2.75) is 26.7 Å². The van der Waals surface area contributed by atoms with E-state index in [1.54, 1.807) is 4.90 Å². The highest BCUT2D eigenvalue weighted by Gasteiger charge is 2.35. The van der Waals surface area contributed by atoms with Gasteiger partial charge in [0.05, 0.1) is 15.4 Å². The summed E-state index contributed by atoms with van der Waals surface area (Å²) in [7, 11) is 1.41. The maximum atomic E-state index is 12.1. The van der Waals surface area contributed by atoms with Gasteiger partial charge in [-0.2, -0.15) is 0 Å². The predicted molar refractivity (Wildman–Crippen MR) is 85.9 cm³/mol. The Hall–Kier alpha value is -2.71. The van der Waals surface area contributed by atoms with E-state index in [1.165, 1.54) is 13.1 Å². The van der Waals surface area contributed by atoms with Crippen molar-refractivity contribution in [3.8, 4) is 0 Å². The molecule has 1 rings (SSSR count). The molecule has 0 unspecified atom stereocenters. The van der Waals surface area contributed by atoms with Gasteiger partial charge < -0.3 is 10.2 Å². The van der Waals surface area contributed by atoms with E-state index in [4.69, 9.17) is 0 Å². The number of amides is 1. The van der Waals surface area contributed by atoms with Gasteiger partial charge in [0.2, 0.25) is 0 Å². The van der Waals surface area contributed by atoms with E-state index in [0.717, 1.165) is 6.07 Å². The Balaban J connectivity index is 3.74. The fourth-order valence-corrected chi connectivity index (χ4v) is 2.41. The Bertz CT molecular complexity index is 611. The highest BCUT2D eigenvalue weighted by atomic mass is 16.6. The molecule has 0 saturated heterocycles. The Morgan fingerprint density at radius 2 is 1.70 bits per heavy atom. The maximum Gasteiger partial charge on any atom is 0.369 e. The second-order valence-corrected chi connectivity index (χ2v) is 4.91. The molecule has 0 atom stereocenters. The van der Waals surface area contributed by atoms with Crippen molar-refractivity contribution >= 4 is 23.0 Å². The van der Waals surface area contributed by atoms with Gasteiger partial charge in [-0.3, -0.25) is 25.0 Å². The van der Waals surface area contributed by atoms with Crippen LogP contribution in [0.2, 0.25) is 0 Å². The lowest BCUT2D eigenvalue weighted by Gasteiger charge is -2.25. The molecule has 0 spiro atoms. The van der Waals surface area contributed by atoms with Gasteiger partial charge in [0, 0.05) is 26.2 Å². The summed E-state index contributed by atoms with van der Waals surface area (Å²) < 4.78 is 0. The second kappa shape index (κ2) is 8.06. The van der Waals surface area contributed by atoms with Gasteiger partial charge in [-0.25, -0.2) is 0 Å². The number of hydrogen-bond donors (Lipinski definition) is 1. The van der Waals surface area contributed by atoms with Crippen LogP contribution in [-0.4, -0.2) is 35.9 Å². The predicted octanol–water partition coefficient (Wildman–Crippen LogP) is 2.49. The Morgan fingerprint density at radius 3 is 2.09 bits per heavy atom. The summed E-state index contributed by atoms with van der Waals surface area (Å²) in [5, 5.41) is 25.0. The molecule has 0 bridgehead atoms. The lowest BCUT2D eigenvalue weighted by atomic mass is 10.1. The number of anilines is 1. The third-order valence-corrected chi connectivity index (χ3v) is 3.28. The number of nitro benzene ring substituents is 2. The Kier molecular flexibility index (Phi) is 6.43. The van der Waals surface area contributed by atoms with Crippen LogP contribution in [0.25, 0.3) is 0 Å². The topological polar surface area (TPSA) is 119 Å². The van der Waals surface area contributed by atoms with Crippen LogP contribution in [0, 0.1) is 20.2 Å². The second-order valence-electron chi connectivity index (χ2n) is 4.91. The lowest BCUT2D eigenvalue weighted by Crippen LogP contribution is -2.30. The van der Waals surface area contributed by atoms with E-state index in [-0.39, 0.29) is 11.3 Å². The molecule has 9 nitrogen and oxygen atoms in total. The highest BCUT2D eigenvalue weighted by molar-refractivity contribution is 6.03. The first-order chi connectivity index (χ1) is 10.9. The zero-order chi connectivity index (χ0) is 17.6. The van der Waals surface area contributed by atoms with Gasteiger partial charge in [0.15, 0.2) is 0 Å². The van der Waals surface area contributed by atoms with Crippen molar-refractivity contribution in [2.24, 2.45) is 0 Å². The molecular weight excluding hydrogens is 304 g/mol. The minimum absolute atomic E-state index is 0.00671. The molecule has 0 saturated carbocycles. The first-order valence-corrected chi connectivity index (χ1v) is 7.31. The van der Waals surface area contributed by atoms with Crippen LogP contribution in [-0.2, 0) is 0 Å². The van der Waals surface area contributed by atoms with Gasteiger partial charge in [-0.15, -0.1) is 0 Å². The zero-order valence-electron chi connectivity index (χ0n) is 13.4. The van der Waals surface area contributed by atoms with Crippen LogP contribution in [0.1, 0.15) is 37.0 Å². The minimum atomic E-state index is -0.800. The fourth-order valence-electron chi connectivity index (χ4n) is 2.41. The molecule has 1 aromatic carbocycles. The molecular formula is C14H20N4O5. The normalized spacial score (nSPS) is 10.2. The Morgan fingerprint density at radius 1 is 1.13 bits per heavy atom. The summed E-state index contributed by atoms with van der Waals surface area (Å²) in [5.74, 6) is -0.518. The van der Waals surface area contributed by atoms with Crippen molar-refractivity contribution in [3.05, 3.63) is 37.9 Å². The number of benzene rings is 1. The molecule has 0 fully saturated rings. The lowest BCUT2D eigenvalue weighted by molar-refractivity contribution is -0.422. The van der Waals surface area contributed by atoms with Crippen molar-refractivity contribution in [1.29, 1.82) is 0 Å². The van der Waals surface area contributed by atoms with E-state index in [9.17, 15) is 25.0 Å². The van der Waals surface area contributed by atoms with Crippen molar-refractivity contribution in [1.82, 2.24) is 5.32 Å². The van der Waals surface area contributed by atoms with Crippen molar-refractivity contribution in [2.75, 3.05) is 25.0 Å². The molecule has 1 amide bonds. The molecule has 9 heteroatoms. The van der Waals surface area contributed by atoms with Crippen molar-refractivity contribution < 1.29 is 14.6 Å². The third-order valence-electron chi connectivity index (χ3n) is 3.28. The standard InChI is InChI=1S/C14H20N4O5/c1-4-8-16(9-5-2)12-10(14(19)15-3)6-7-11(17(20)21)13(12)18(22)23/h6-7H,4-5,8-9H2,1-3H3,(H,15,19). The number of rotatable bonds is 8. The molecule has 126 valence electrons. The molecule has 0 aromatic heterocycles. The van der Waals surface area contributed by atoms with E-state index >= 15 is 0 Å². The quantitative estimate of drug-likeness (QED) is 0.579. The summed E-state index contributed by atoms with van der Waals surface area (Å²) in [6.07, 6.45) is 1.38. The number of nitro groups is 2. The van der Waals surface area contributed by atoms with Crippen molar-refractivity contribution in [3.63, 3.8) is 0 Å². The summed E-state index contributed by atoms with van der Waals surface area (Å²) >= 11 is 0. The number of carbonyl (C=O) groups excluding carboxylic acids is 1. The highest BCUT2D eigenvalue weighted by Crippen LogP contribution is 2.40. The number of hydrogen-bond acceptors (Lipinski definition) is 6. The summed E-state index contributed by atoms with van der Waals surface area (Å²) in [6.45, 7) is 4.70. The number of nitrogens with zero attached hydrogens (tertiary/aromatic N) is 3. The SMILES string of the molecule is CCCN(CCC)c1c(C(=O)NC)ccc([N+](=O)[O-])c1[N+](=O)[O-]. The van der Waals surface area contributed by atoms with Gasteiger partial charge in [0.25, 0.3) is 5.91 Å². The molecule has 0 radical (unpaired) electrons. The average molecular weight is 324 g/mol. The summed E-state index contributed by atoms with van der Waals surface area (Å²) in [4.78, 5) is 34.8. The number of nitrogens with one attached hydrogen (secondary N) is 1. The van der Waals surface area contributed by atoms with E-state index < -0.39 is 27.1 Å². The minimum Gasteiger partial charge on any atom is -0.365 e. The van der Waals surface area contributed by atoms with Crippen LogP contribution in [0.3, 0.4) is 0 Å². The largest absolute Gasteiger partial charge is 0.369 e. The van der Waals surface area contributed by atoms with Crippen LogP contribution in [0.4, 0.5) is 17.1 Å². The first-order valence-electron chi connectivity index (χ1n) is 7.31. The Labute approximate surface area is 133 Å². The third kappa shape index (κ3) is 3.93. The monoisotopic (exact) mass is 324 g/mol.